The molecule has 5 heteroatoms. The molecule has 2 aromatic rings. The highest BCUT2D eigenvalue weighted by atomic mass is 16.5. The zero-order valence-corrected chi connectivity index (χ0v) is 13.1. The van der Waals surface area contributed by atoms with E-state index in [0.29, 0.717) is 11.4 Å². The minimum absolute atomic E-state index is 0.0483. The van der Waals surface area contributed by atoms with Crippen molar-refractivity contribution in [1.29, 1.82) is 0 Å². The first-order valence-electron chi connectivity index (χ1n) is 7.37. The number of hydrogen-bond donors (Lipinski definition) is 1. The van der Waals surface area contributed by atoms with Crippen molar-refractivity contribution in [2.24, 2.45) is 4.99 Å². The normalized spacial score (nSPS) is 16.6. The smallest absolute Gasteiger partial charge is 0.214 e. The van der Waals surface area contributed by atoms with E-state index in [0.717, 1.165) is 29.6 Å². The zero-order valence-electron chi connectivity index (χ0n) is 13.1. The van der Waals surface area contributed by atoms with Crippen molar-refractivity contribution in [3.05, 3.63) is 47.5 Å². The second kappa shape index (κ2) is 6.12. The Kier molecular flexibility index (Phi) is 4.02. The van der Waals surface area contributed by atoms with Gasteiger partial charge in [0.25, 0.3) is 0 Å². The lowest BCUT2D eigenvalue weighted by atomic mass is 10.1. The van der Waals surface area contributed by atoms with Crippen LogP contribution in [0.25, 0.3) is 0 Å². The first kappa shape index (κ1) is 15.1. The fourth-order valence-electron chi connectivity index (χ4n) is 2.83. The molecule has 0 aliphatic carbocycles. The summed E-state index contributed by atoms with van der Waals surface area (Å²) in [5, 5.41) is 9.88. The van der Waals surface area contributed by atoms with E-state index in [1.165, 1.54) is 7.11 Å². The Morgan fingerprint density at radius 1 is 1.35 bits per heavy atom. The number of aryl methyl sites for hydroxylation is 1. The lowest BCUT2D eigenvalue weighted by molar-refractivity contribution is -0.107. The summed E-state index contributed by atoms with van der Waals surface area (Å²) in [5.74, 6) is 0.469. The number of phenolic OH excluding ortho intramolecular Hbond substituents is 1. The van der Waals surface area contributed by atoms with Crippen LogP contribution in [0.4, 0.5) is 11.4 Å². The number of ether oxygens (including phenoxy) is 1. The molecule has 0 aromatic heterocycles. The first-order chi connectivity index (χ1) is 11.1. The highest BCUT2D eigenvalue weighted by molar-refractivity contribution is 5.90. The number of hydrogen-bond acceptors (Lipinski definition) is 4. The van der Waals surface area contributed by atoms with E-state index in [4.69, 9.17) is 4.74 Å². The highest BCUT2D eigenvalue weighted by Gasteiger charge is 2.27. The van der Waals surface area contributed by atoms with E-state index in [2.05, 4.69) is 4.99 Å². The quantitative estimate of drug-likeness (QED) is 0.697. The Hall–Kier alpha value is -2.82. The van der Waals surface area contributed by atoms with Gasteiger partial charge in [-0.15, -0.1) is 0 Å². The van der Waals surface area contributed by atoms with Gasteiger partial charge in [-0.3, -0.25) is 9.79 Å². The molecule has 0 radical (unpaired) electrons. The summed E-state index contributed by atoms with van der Waals surface area (Å²) in [6.45, 7) is 1.90. The van der Waals surface area contributed by atoms with Crippen LogP contribution in [0.3, 0.4) is 0 Å². The third-order valence-corrected chi connectivity index (χ3v) is 4.05. The summed E-state index contributed by atoms with van der Waals surface area (Å²) < 4.78 is 5.08. The van der Waals surface area contributed by atoms with Crippen molar-refractivity contribution in [3.63, 3.8) is 0 Å². The molecule has 1 N–H and O–H groups in total. The van der Waals surface area contributed by atoms with E-state index >= 15 is 0 Å². The van der Waals surface area contributed by atoms with Gasteiger partial charge in [0.05, 0.1) is 18.8 Å². The van der Waals surface area contributed by atoms with Gasteiger partial charge in [0.2, 0.25) is 6.41 Å². The van der Waals surface area contributed by atoms with Crippen molar-refractivity contribution < 1.29 is 14.6 Å². The molecule has 0 unspecified atom stereocenters. The Morgan fingerprint density at radius 2 is 2.13 bits per heavy atom. The maximum Gasteiger partial charge on any atom is 0.214 e. The zero-order chi connectivity index (χ0) is 16.4. The van der Waals surface area contributed by atoms with Crippen LogP contribution in [0.5, 0.6) is 11.5 Å². The minimum Gasteiger partial charge on any atom is -0.504 e. The van der Waals surface area contributed by atoms with Crippen molar-refractivity contribution in [2.75, 3.05) is 12.0 Å². The topological polar surface area (TPSA) is 62.1 Å². The molecule has 0 spiro atoms. The average Bonchev–Trinajstić information content (AvgIpc) is 2.92. The molecule has 0 bridgehead atoms. The fraction of sp³-hybridized carbons (Fsp3) is 0.222. The maximum absolute atomic E-state index is 11.4. The fourth-order valence-corrected chi connectivity index (χ4v) is 2.83. The first-order valence-corrected chi connectivity index (χ1v) is 7.37. The van der Waals surface area contributed by atoms with Gasteiger partial charge in [0.15, 0.2) is 11.5 Å². The molecule has 0 saturated heterocycles. The molecule has 1 amide bonds. The van der Waals surface area contributed by atoms with Gasteiger partial charge in [0.1, 0.15) is 0 Å². The molecule has 1 aliphatic rings. The van der Waals surface area contributed by atoms with E-state index in [9.17, 15) is 9.90 Å². The number of carbonyl (C=O) groups is 1. The molecule has 118 valence electrons. The molecule has 1 heterocycles. The van der Waals surface area contributed by atoms with Gasteiger partial charge in [-0.25, -0.2) is 0 Å². The lowest BCUT2D eigenvalue weighted by Crippen LogP contribution is -2.31. The van der Waals surface area contributed by atoms with Gasteiger partial charge >= 0.3 is 0 Å². The number of phenols is 1. The van der Waals surface area contributed by atoms with E-state index < -0.39 is 0 Å². The molecule has 2 aromatic carbocycles. The number of nitrogens with zero attached hydrogens (tertiary/aromatic N) is 2. The standard InChI is InChI=1S/C18H18N2O3/c1-12-7-18(23-2)17(22)9-15(12)19-10-14-8-13-5-3-4-6-16(13)20(14)11-21/h3-7,9-11,14,22H,8H2,1-2H3/t14-/m0/s1. The summed E-state index contributed by atoms with van der Waals surface area (Å²) in [6.07, 6.45) is 3.32. The SMILES string of the molecule is COc1cc(C)c(N=C[C@@H]2Cc3ccccc3N2C=O)cc1O. The number of methoxy groups -OCH3 is 1. The van der Waals surface area contributed by atoms with Crippen molar-refractivity contribution in [3.8, 4) is 11.5 Å². The number of rotatable bonds is 4. The third-order valence-electron chi connectivity index (χ3n) is 4.05. The molecular formula is C18H18N2O3. The molecule has 5 nitrogen and oxygen atoms in total. The molecule has 0 fully saturated rings. The van der Waals surface area contributed by atoms with E-state index in [-0.39, 0.29) is 11.8 Å². The van der Waals surface area contributed by atoms with Crippen molar-refractivity contribution in [1.82, 2.24) is 0 Å². The Balaban J connectivity index is 1.87. The third kappa shape index (κ3) is 2.77. The number of aliphatic imine (C=N–C) groups is 1. The number of amides is 1. The van der Waals surface area contributed by atoms with Crippen LogP contribution in [0, 0.1) is 6.92 Å². The Labute approximate surface area is 134 Å². The summed E-state index contributed by atoms with van der Waals surface area (Å²) in [4.78, 5) is 17.5. The molecule has 23 heavy (non-hydrogen) atoms. The second-order valence-corrected chi connectivity index (χ2v) is 5.50. The van der Waals surface area contributed by atoms with Crippen LogP contribution in [0.15, 0.2) is 41.4 Å². The summed E-state index contributed by atoms with van der Waals surface area (Å²) in [7, 11) is 1.51. The Morgan fingerprint density at radius 3 is 2.87 bits per heavy atom. The number of fused-ring (bicyclic) bond motifs is 1. The van der Waals surface area contributed by atoms with Gasteiger partial charge in [0, 0.05) is 24.4 Å². The largest absolute Gasteiger partial charge is 0.504 e. The van der Waals surface area contributed by atoms with Gasteiger partial charge < -0.3 is 14.7 Å². The van der Waals surface area contributed by atoms with Crippen LogP contribution in [0.2, 0.25) is 0 Å². The molecule has 1 atom stereocenters. The number of carbonyl (C=O) groups excluding carboxylic acids is 1. The second-order valence-electron chi connectivity index (χ2n) is 5.50. The van der Waals surface area contributed by atoms with Gasteiger partial charge in [-0.05, 0) is 30.2 Å². The summed E-state index contributed by atoms with van der Waals surface area (Å²) in [5.41, 5.74) is 3.60. The lowest BCUT2D eigenvalue weighted by Gasteiger charge is -2.17. The van der Waals surface area contributed by atoms with E-state index in [1.807, 2.05) is 31.2 Å². The van der Waals surface area contributed by atoms with Crippen LogP contribution in [-0.2, 0) is 11.2 Å². The van der Waals surface area contributed by atoms with Gasteiger partial charge in [-0.2, -0.15) is 0 Å². The van der Waals surface area contributed by atoms with Crippen LogP contribution in [0.1, 0.15) is 11.1 Å². The number of anilines is 1. The van der Waals surface area contributed by atoms with Crippen LogP contribution < -0.4 is 9.64 Å². The van der Waals surface area contributed by atoms with Crippen molar-refractivity contribution >= 4 is 24.0 Å². The van der Waals surface area contributed by atoms with Crippen LogP contribution >= 0.6 is 0 Å². The number of aromatic hydroxyl groups is 1. The summed E-state index contributed by atoms with van der Waals surface area (Å²) in [6, 6.07) is 11.0. The highest BCUT2D eigenvalue weighted by Crippen LogP contribution is 2.34. The molecular weight excluding hydrogens is 292 g/mol. The molecule has 0 saturated carbocycles. The summed E-state index contributed by atoms with van der Waals surface area (Å²) >= 11 is 0. The van der Waals surface area contributed by atoms with Crippen LogP contribution in [-0.4, -0.2) is 30.9 Å². The van der Waals surface area contributed by atoms with Gasteiger partial charge in [-0.1, -0.05) is 18.2 Å². The monoisotopic (exact) mass is 310 g/mol. The number of para-hydroxylation sites is 1. The minimum atomic E-state index is -0.117. The average molecular weight is 310 g/mol. The maximum atomic E-state index is 11.4. The number of benzene rings is 2. The molecule has 1 aliphatic heterocycles. The molecule has 3 rings (SSSR count). The van der Waals surface area contributed by atoms with E-state index in [1.54, 1.807) is 23.2 Å². The predicted molar refractivity (Wildman–Crippen MR) is 90.0 cm³/mol. The van der Waals surface area contributed by atoms with Crippen molar-refractivity contribution in [2.45, 2.75) is 19.4 Å². The predicted octanol–water partition coefficient (Wildman–Crippen LogP) is 3.00. The Bertz CT molecular complexity index is 771.